The molecule has 1 heterocycles. The number of esters is 1. The smallest absolute Gasteiger partial charge is 0.333 e. The molecule has 4 fully saturated rings. The predicted molar refractivity (Wildman–Crippen MR) is 113 cm³/mol. The Morgan fingerprint density at radius 2 is 1.90 bits per heavy atom. The van der Waals surface area contributed by atoms with Gasteiger partial charge < -0.3 is 18.9 Å². The van der Waals surface area contributed by atoms with Crippen LogP contribution in [0.25, 0.3) is 0 Å². The summed E-state index contributed by atoms with van der Waals surface area (Å²) < 4.78 is 23.2. The minimum absolute atomic E-state index is 0.143. The number of methoxy groups -OCH3 is 2. The molecular formula is C25H34O6. The van der Waals surface area contributed by atoms with E-state index < -0.39 is 17.5 Å². The third-order valence-corrected chi connectivity index (χ3v) is 9.29. The van der Waals surface area contributed by atoms with Crippen LogP contribution in [0.15, 0.2) is 23.5 Å². The zero-order valence-electron chi connectivity index (χ0n) is 19.1. The molecule has 6 nitrogen and oxygen atoms in total. The first-order valence-electron chi connectivity index (χ1n) is 11.7. The van der Waals surface area contributed by atoms with Crippen molar-refractivity contribution in [2.45, 2.75) is 76.8 Å². The van der Waals surface area contributed by atoms with E-state index >= 15 is 0 Å². The summed E-state index contributed by atoms with van der Waals surface area (Å²) in [5.41, 5.74) is 0.573. The van der Waals surface area contributed by atoms with Crippen LogP contribution in [0.3, 0.4) is 0 Å². The largest absolute Gasteiger partial charge is 0.466 e. The molecule has 31 heavy (non-hydrogen) atoms. The van der Waals surface area contributed by atoms with Crippen LogP contribution in [0.5, 0.6) is 0 Å². The molecule has 0 N–H and O–H groups in total. The van der Waals surface area contributed by atoms with Crippen molar-refractivity contribution in [1.82, 2.24) is 0 Å². The Morgan fingerprint density at radius 3 is 2.65 bits per heavy atom. The van der Waals surface area contributed by atoms with Gasteiger partial charge in [-0.05, 0) is 74.7 Å². The summed E-state index contributed by atoms with van der Waals surface area (Å²) in [4.78, 5) is 24.1. The molecule has 0 aromatic carbocycles. The Balaban J connectivity index is 1.50. The first kappa shape index (κ1) is 21.2. The van der Waals surface area contributed by atoms with E-state index in [0.717, 1.165) is 44.9 Å². The number of rotatable bonds is 2. The number of hydrogen-bond acceptors (Lipinski definition) is 6. The number of ether oxygens (including phenoxy) is 4. The van der Waals surface area contributed by atoms with Crippen LogP contribution in [0.1, 0.15) is 65.2 Å². The number of allylic oxidation sites excluding steroid dienone is 1. The first-order chi connectivity index (χ1) is 14.7. The molecule has 0 radical (unpaired) electrons. The van der Waals surface area contributed by atoms with Crippen LogP contribution in [0.4, 0.5) is 0 Å². The lowest BCUT2D eigenvalue weighted by Crippen LogP contribution is -2.54. The van der Waals surface area contributed by atoms with Gasteiger partial charge in [-0.2, -0.15) is 0 Å². The van der Waals surface area contributed by atoms with Crippen molar-refractivity contribution in [1.29, 1.82) is 0 Å². The van der Waals surface area contributed by atoms with Crippen LogP contribution in [0, 0.1) is 29.1 Å². The van der Waals surface area contributed by atoms with Crippen molar-refractivity contribution in [3.8, 4) is 0 Å². The van der Waals surface area contributed by atoms with Gasteiger partial charge in [0, 0.05) is 25.9 Å². The van der Waals surface area contributed by atoms with Crippen LogP contribution in [-0.4, -0.2) is 37.5 Å². The molecule has 170 valence electrons. The second-order valence-electron chi connectivity index (χ2n) is 10.4. The van der Waals surface area contributed by atoms with Crippen molar-refractivity contribution >= 4 is 11.8 Å². The van der Waals surface area contributed by atoms with Crippen LogP contribution >= 0.6 is 0 Å². The molecule has 5 aliphatic rings. The predicted octanol–water partition coefficient (Wildman–Crippen LogP) is 4.29. The van der Waals surface area contributed by atoms with E-state index in [4.69, 9.17) is 18.9 Å². The van der Waals surface area contributed by atoms with Crippen LogP contribution in [-0.2, 0) is 28.5 Å². The van der Waals surface area contributed by atoms with Crippen molar-refractivity contribution < 1.29 is 28.5 Å². The zero-order chi connectivity index (χ0) is 22.0. The van der Waals surface area contributed by atoms with Crippen molar-refractivity contribution in [3.05, 3.63) is 23.5 Å². The number of fused-ring (bicyclic) bond motifs is 6. The number of hydrogen-bond donors (Lipinski definition) is 0. The van der Waals surface area contributed by atoms with E-state index in [9.17, 15) is 9.59 Å². The summed E-state index contributed by atoms with van der Waals surface area (Å²) >= 11 is 0. The van der Waals surface area contributed by atoms with E-state index in [2.05, 4.69) is 6.92 Å². The maximum atomic E-state index is 12.2. The highest BCUT2D eigenvalue weighted by Gasteiger charge is 2.70. The van der Waals surface area contributed by atoms with E-state index in [0.29, 0.717) is 41.6 Å². The Kier molecular flexibility index (Phi) is 4.91. The monoisotopic (exact) mass is 430 g/mol. The fourth-order valence-electron chi connectivity index (χ4n) is 7.82. The minimum Gasteiger partial charge on any atom is -0.466 e. The molecule has 2 unspecified atom stereocenters. The average Bonchev–Trinajstić information content (AvgIpc) is 3.22. The van der Waals surface area contributed by atoms with Gasteiger partial charge in [0.1, 0.15) is 11.4 Å². The number of ketones is 1. The van der Waals surface area contributed by atoms with Gasteiger partial charge in [-0.25, -0.2) is 4.79 Å². The van der Waals surface area contributed by atoms with E-state index in [1.165, 1.54) is 18.8 Å². The maximum Gasteiger partial charge on any atom is 0.333 e. The van der Waals surface area contributed by atoms with Gasteiger partial charge in [-0.3, -0.25) is 4.79 Å². The molecule has 5 rings (SSSR count). The third-order valence-electron chi connectivity index (χ3n) is 9.29. The second-order valence-corrected chi connectivity index (χ2v) is 10.4. The van der Waals surface area contributed by atoms with Gasteiger partial charge in [0.2, 0.25) is 0 Å². The second kappa shape index (κ2) is 7.17. The van der Waals surface area contributed by atoms with E-state index in [1.807, 2.05) is 6.08 Å². The van der Waals surface area contributed by atoms with Gasteiger partial charge >= 0.3 is 11.9 Å². The lowest BCUT2D eigenvalue weighted by Gasteiger charge is -2.55. The fourth-order valence-corrected chi connectivity index (χ4v) is 7.82. The molecule has 4 aliphatic carbocycles. The van der Waals surface area contributed by atoms with Gasteiger partial charge in [0.15, 0.2) is 5.78 Å². The van der Waals surface area contributed by atoms with E-state index in [1.54, 1.807) is 14.0 Å². The number of carbonyl (C=O) groups is 2. The zero-order valence-corrected chi connectivity index (χ0v) is 19.1. The van der Waals surface area contributed by atoms with Gasteiger partial charge in [0.25, 0.3) is 0 Å². The highest BCUT2D eigenvalue weighted by atomic mass is 16.9. The molecule has 0 bridgehead atoms. The quantitative estimate of drug-likeness (QED) is 0.481. The SMILES string of the molecule is COC(=O)C=C1OC(C)(OC)O[C@]12CC[C@H]1[C@@H]3CCC4=CC(=O)CCC4[C@H]3CC[C@@]12C. The summed E-state index contributed by atoms with van der Waals surface area (Å²) in [6, 6.07) is 0. The molecule has 1 saturated heterocycles. The number of carbonyl (C=O) groups excluding carboxylic acids is 2. The van der Waals surface area contributed by atoms with Crippen LogP contribution in [0.2, 0.25) is 0 Å². The molecule has 6 heteroatoms. The van der Waals surface area contributed by atoms with Crippen molar-refractivity contribution in [3.63, 3.8) is 0 Å². The van der Waals surface area contributed by atoms with Gasteiger partial charge in [-0.15, -0.1) is 0 Å². The first-order valence-corrected chi connectivity index (χ1v) is 11.7. The standard InChI is InChI=1S/C25H34O6/c1-23-11-9-18-17-8-6-16(26)13-15(17)5-7-19(18)20(23)10-12-25(23)21(14-22(27)28-3)30-24(2,29-4)31-25/h13-14,17-20H,5-12H2,1-4H3/t17?,18-,19-,20+,23+,24?,25-/m1/s1. The summed E-state index contributed by atoms with van der Waals surface area (Å²) in [5.74, 6) is 1.53. The Hall–Kier alpha value is -1.66. The van der Waals surface area contributed by atoms with Crippen LogP contribution < -0.4 is 0 Å². The van der Waals surface area contributed by atoms with Gasteiger partial charge in [0.05, 0.1) is 13.2 Å². The molecule has 0 aromatic rings. The minimum atomic E-state index is -1.21. The molecule has 1 spiro atoms. The summed E-state index contributed by atoms with van der Waals surface area (Å²) in [7, 11) is 2.95. The Labute approximate surface area is 184 Å². The molecular weight excluding hydrogens is 396 g/mol. The molecule has 1 aliphatic heterocycles. The van der Waals surface area contributed by atoms with Crippen molar-refractivity contribution in [2.75, 3.05) is 14.2 Å². The lowest BCUT2D eigenvalue weighted by atomic mass is 9.50. The molecule has 3 saturated carbocycles. The highest BCUT2D eigenvalue weighted by Crippen LogP contribution is 2.69. The average molecular weight is 431 g/mol. The third kappa shape index (κ3) is 2.97. The van der Waals surface area contributed by atoms with Gasteiger partial charge in [-0.1, -0.05) is 12.5 Å². The highest BCUT2D eigenvalue weighted by molar-refractivity contribution is 5.91. The molecule has 7 atom stereocenters. The van der Waals surface area contributed by atoms with Crippen molar-refractivity contribution in [2.24, 2.45) is 29.1 Å². The Bertz CT molecular complexity index is 860. The summed E-state index contributed by atoms with van der Waals surface area (Å²) in [5, 5.41) is 0. The lowest BCUT2D eigenvalue weighted by molar-refractivity contribution is -0.331. The Morgan fingerprint density at radius 1 is 1.10 bits per heavy atom. The molecule has 0 amide bonds. The summed E-state index contributed by atoms with van der Waals surface area (Å²) in [6.07, 6.45) is 11.3. The van der Waals surface area contributed by atoms with E-state index in [-0.39, 0.29) is 5.41 Å². The fraction of sp³-hybridized carbons (Fsp3) is 0.760. The summed E-state index contributed by atoms with van der Waals surface area (Å²) in [6.45, 7) is 4.10. The normalized spacial score (nSPS) is 47.4. The maximum absolute atomic E-state index is 12.2. The topological polar surface area (TPSA) is 71.1 Å². The molecule has 0 aromatic heterocycles.